The van der Waals surface area contributed by atoms with E-state index in [1.54, 1.807) is 16.8 Å². The van der Waals surface area contributed by atoms with Crippen molar-refractivity contribution in [3.63, 3.8) is 0 Å². The summed E-state index contributed by atoms with van der Waals surface area (Å²) in [5.74, 6) is -0.139. The molecule has 1 N–H and O–H groups in total. The van der Waals surface area contributed by atoms with Crippen LogP contribution >= 0.6 is 0 Å². The van der Waals surface area contributed by atoms with Crippen LogP contribution in [-0.4, -0.2) is 47.6 Å². The lowest BCUT2D eigenvalue weighted by Crippen LogP contribution is -2.48. The van der Waals surface area contributed by atoms with E-state index in [1.807, 2.05) is 24.3 Å². The highest BCUT2D eigenvalue weighted by molar-refractivity contribution is 6.00. The Morgan fingerprint density at radius 2 is 1.96 bits per heavy atom. The van der Waals surface area contributed by atoms with Gasteiger partial charge in [0.25, 0.3) is 0 Å². The summed E-state index contributed by atoms with van der Waals surface area (Å²) in [5, 5.41) is 10.5. The van der Waals surface area contributed by atoms with Crippen molar-refractivity contribution in [2.24, 2.45) is 0 Å². The van der Waals surface area contributed by atoms with Crippen LogP contribution in [0, 0.1) is 0 Å². The van der Waals surface area contributed by atoms with Crippen LogP contribution in [0.5, 0.6) is 0 Å². The van der Waals surface area contributed by atoms with E-state index in [0.29, 0.717) is 13.0 Å². The van der Waals surface area contributed by atoms with Gasteiger partial charge in [0.05, 0.1) is 5.60 Å². The van der Waals surface area contributed by atoms with Crippen LogP contribution in [0.25, 0.3) is 0 Å². The number of anilines is 1. The van der Waals surface area contributed by atoms with E-state index in [9.17, 15) is 14.7 Å². The molecule has 2 amide bonds. The zero-order valence-corrected chi connectivity index (χ0v) is 13.6. The molecule has 0 aromatic heterocycles. The van der Waals surface area contributed by atoms with E-state index < -0.39 is 5.60 Å². The van der Waals surface area contributed by atoms with Crippen molar-refractivity contribution in [2.45, 2.75) is 44.1 Å². The van der Waals surface area contributed by atoms with Crippen molar-refractivity contribution < 1.29 is 14.7 Å². The molecule has 0 saturated heterocycles. The molecule has 1 fully saturated rings. The fourth-order valence-electron chi connectivity index (χ4n) is 3.65. The molecule has 5 nitrogen and oxygen atoms in total. The quantitative estimate of drug-likeness (QED) is 0.920. The van der Waals surface area contributed by atoms with Crippen molar-refractivity contribution in [2.75, 3.05) is 25.0 Å². The summed E-state index contributed by atoms with van der Waals surface area (Å²) in [6.07, 6.45) is 4.69. The second-order valence-electron chi connectivity index (χ2n) is 6.79. The number of carbonyl (C=O) groups excluding carboxylic acids is 2. The second-order valence-corrected chi connectivity index (χ2v) is 6.79. The van der Waals surface area contributed by atoms with Crippen molar-refractivity contribution in [3.8, 4) is 0 Å². The van der Waals surface area contributed by atoms with Gasteiger partial charge in [-0.3, -0.25) is 9.59 Å². The molecule has 124 valence electrons. The van der Waals surface area contributed by atoms with Crippen molar-refractivity contribution in [1.29, 1.82) is 0 Å². The molecule has 0 atom stereocenters. The summed E-state index contributed by atoms with van der Waals surface area (Å²) in [7, 11) is 1.71. The highest BCUT2D eigenvalue weighted by Crippen LogP contribution is 2.30. The number of para-hydroxylation sites is 1. The Kier molecular flexibility index (Phi) is 4.39. The van der Waals surface area contributed by atoms with E-state index in [-0.39, 0.29) is 18.4 Å². The number of fused-ring (bicyclic) bond motifs is 1. The van der Waals surface area contributed by atoms with Gasteiger partial charge >= 0.3 is 0 Å². The fourth-order valence-corrected chi connectivity index (χ4v) is 3.65. The summed E-state index contributed by atoms with van der Waals surface area (Å²) in [6.45, 7) is 0.387. The summed E-state index contributed by atoms with van der Waals surface area (Å²) in [6, 6.07) is 7.74. The molecule has 1 aromatic carbocycles. The number of aryl methyl sites for hydroxylation is 1. The van der Waals surface area contributed by atoms with Crippen LogP contribution in [0.1, 0.15) is 37.7 Å². The minimum atomic E-state index is -0.756. The molecule has 0 unspecified atom stereocenters. The van der Waals surface area contributed by atoms with Gasteiger partial charge in [0, 0.05) is 25.7 Å². The lowest BCUT2D eigenvalue weighted by atomic mass is 10.0. The molecule has 2 aliphatic rings. The van der Waals surface area contributed by atoms with E-state index in [1.165, 1.54) is 0 Å². The van der Waals surface area contributed by atoms with Gasteiger partial charge in [0.1, 0.15) is 6.54 Å². The van der Waals surface area contributed by atoms with Gasteiger partial charge in [-0.15, -0.1) is 0 Å². The van der Waals surface area contributed by atoms with Crippen molar-refractivity contribution in [3.05, 3.63) is 29.8 Å². The van der Waals surface area contributed by atoms with E-state index in [2.05, 4.69) is 0 Å². The van der Waals surface area contributed by atoms with Crippen LogP contribution in [-0.2, 0) is 16.0 Å². The molecule has 0 bridgehead atoms. The highest BCUT2D eigenvalue weighted by atomic mass is 16.3. The van der Waals surface area contributed by atoms with Gasteiger partial charge in [-0.25, -0.2) is 0 Å². The number of rotatable bonds is 4. The summed E-state index contributed by atoms with van der Waals surface area (Å²) in [4.78, 5) is 27.9. The number of likely N-dealkylation sites (N-methyl/N-ethyl adjacent to an activating group) is 1. The number of aliphatic hydroxyl groups is 1. The highest BCUT2D eigenvalue weighted by Gasteiger charge is 2.34. The molecular weight excluding hydrogens is 292 g/mol. The lowest BCUT2D eigenvalue weighted by Gasteiger charge is -2.32. The number of nitrogens with zero attached hydrogens (tertiary/aromatic N) is 2. The smallest absolute Gasteiger partial charge is 0.242 e. The number of carbonyl (C=O) groups is 2. The maximum absolute atomic E-state index is 12.5. The minimum absolute atomic E-state index is 0.00923. The molecule has 0 radical (unpaired) electrons. The lowest BCUT2D eigenvalue weighted by molar-refractivity contribution is -0.133. The molecule has 5 heteroatoms. The van der Waals surface area contributed by atoms with Crippen molar-refractivity contribution >= 4 is 17.5 Å². The third-order valence-electron chi connectivity index (χ3n) is 4.98. The molecule has 1 aliphatic carbocycles. The Labute approximate surface area is 136 Å². The van der Waals surface area contributed by atoms with Crippen LogP contribution in [0.15, 0.2) is 24.3 Å². The monoisotopic (exact) mass is 316 g/mol. The number of hydrogen-bond acceptors (Lipinski definition) is 3. The first-order valence-corrected chi connectivity index (χ1v) is 8.33. The van der Waals surface area contributed by atoms with Crippen LogP contribution < -0.4 is 4.90 Å². The second kappa shape index (κ2) is 6.32. The van der Waals surface area contributed by atoms with Gasteiger partial charge in [-0.1, -0.05) is 31.0 Å². The first kappa shape index (κ1) is 16.0. The standard InChI is InChI=1S/C18H24N2O3/c1-19(13-18(23)10-4-5-11-18)17(22)12-20-15-7-3-2-6-14(15)8-9-16(20)21/h2-3,6-7,23H,4-5,8-13H2,1H3. The molecule has 1 heterocycles. The van der Waals surface area contributed by atoms with Gasteiger partial charge < -0.3 is 14.9 Å². The molecule has 0 spiro atoms. The zero-order chi connectivity index (χ0) is 16.4. The van der Waals surface area contributed by atoms with Gasteiger partial charge in [-0.2, -0.15) is 0 Å². The average Bonchev–Trinajstić information content (AvgIpc) is 2.96. The van der Waals surface area contributed by atoms with E-state index >= 15 is 0 Å². The number of amides is 2. The summed E-state index contributed by atoms with van der Waals surface area (Å²) in [5.41, 5.74) is 1.19. The first-order chi connectivity index (χ1) is 11.0. The molecule has 23 heavy (non-hydrogen) atoms. The van der Waals surface area contributed by atoms with Gasteiger partial charge in [0.2, 0.25) is 11.8 Å². The Balaban J connectivity index is 1.68. The van der Waals surface area contributed by atoms with Crippen LogP contribution in [0.4, 0.5) is 5.69 Å². The predicted octanol–water partition coefficient (Wildman–Crippen LogP) is 1.73. The average molecular weight is 316 g/mol. The first-order valence-electron chi connectivity index (χ1n) is 8.33. The largest absolute Gasteiger partial charge is 0.388 e. The Bertz CT molecular complexity index is 608. The van der Waals surface area contributed by atoms with Crippen LogP contribution in [0.3, 0.4) is 0 Å². The zero-order valence-electron chi connectivity index (χ0n) is 13.6. The minimum Gasteiger partial charge on any atom is -0.388 e. The third-order valence-corrected chi connectivity index (χ3v) is 4.98. The van der Waals surface area contributed by atoms with Crippen LogP contribution in [0.2, 0.25) is 0 Å². The van der Waals surface area contributed by atoms with Gasteiger partial charge in [0.15, 0.2) is 0 Å². The molecule has 3 rings (SSSR count). The number of hydrogen-bond donors (Lipinski definition) is 1. The predicted molar refractivity (Wildman–Crippen MR) is 88.2 cm³/mol. The maximum atomic E-state index is 12.5. The summed E-state index contributed by atoms with van der Waals surface area (Å²) < 4.78 is 0. The SMILES string of the molecule is CN(CC1(O)CCCC1)C(=O)CN1C(=O)CCc2ccccc21. The Morgan fingerprint density at radius 1 is 1.26 bits per heavy atom. The molecule has 1 aliphatic heterocycles. The Morgan fingerprint density at radius 3 is 2.70 bits per heavy atom. The molecular formula is C18H24N2O3. The fraction of sp³-hybridized carbons (Fsp3) is 0.556. The van der Waals surface area contributed by atoms with Gasteiger partial charge in [-0.05, 0) is 30.9 Å². The maximum Gasteiger partial charge on any atom is 0.242 e. The third kappa shape index (κ3) is 3.39. The summed E-state index contributed by atoms with van der Waals surface area (Å²) >= 11 is 0. The molecule has 1 aromatic rings. The topological polar surface area (TPSA) is 60.9 Å². The number of benzene rings is 1. The van der Waals surface area contributed by atoms with E-state index in [4.69, 9.17) is 0 Å². The normalized spacial score (nSPS) is 19.6. The van der Waals surface area contributed by atoms with E-state index in [0.717, 1.165) is 43.4 Å². The molecule has 1 saturated carbocycles. The Hall–Kier alpha value is -1.88. The van der Waals surface area contributed by atoms with Crippen molar-refractivity contribution in [1.82, 2.24) is 4.90 Å².